The monoisotopic (exact) mass is 1370 g/mol. The summed E-state index contributed by atoms with van der Waals surface area (Å²) in [6.07, 6.45) is 49.8. The van der Waals surface area contributed by atoms with Gasteiger partial charge in [-0.25, -0.2) is 9.13 Å². The molecule has 4 unspecified atom stereocenters. The largest absolute Gasteiger partial charge is 0.472 e. The number of hydrogen-bond acceptors (Lipinski definition) is 15. The lowest BCUT2D eigenvalue weighted by Gasteiger charge is -2.21. The molecule has 0 saturated heterocycles. The van der Waals surface area contributed by atoms with Crippen molar-refractivity contribution in [3.05, 3.63) is 0 Å². The van der Waals surface area contributed by atoms with Gasteiger partial charge in [0.15, 0.2) is 12.2 Å². The second-order valence-corrected chi connectivity index (χ2v) is 30.6. The Bertz CT molecular complexity index is 1820. The number of carbonyl (C=O) groups excluding carboxylic acids is 4. The number of unbranched alkanes of at least 4 members (excludes halogenated alkanes) is 38. The van der Waals surface area contributed by atoms with Crippen LogP contribution in [0.5, 0.6) is 0 Å². The van der Waals surface area contributed by atoms with E-state index in [1.807, 2.05) is 0 Å². The van der Waals surface area contributed by atoms with Crippen molar-refractivity contribution < 1.29 is 80.2 Å². The Hall–Kier alpha value is -1.94. The first-order valence-corrected chi connectivity index (χ1v) is 41.4. The maximum absolute atomic E-state index is 13.1. The summed E-state index contributed by atoms with van der Waals surface area (Å²) in [7, 11) is -9.91. The zero-order chi connectivity index (χ0) is 68.7. The van der Waals surface area contributed by atoms with Gasteiger partial charge < -0.3 is 33.8 Å². The van der Waals surface area contributed by atoms with Gasteiger partial charge in [-0.15, -0.1) is 0 Å². The highest BCUT2D eigenvalue weighted by Gasteiger charge is 2.30. The molecule has 19 heteroatoms. The molecule has 0 aliphatic heterocycles. The highest BCUT2D eigenvalue weighted by molar-refractivity contribution is 7.47. The van der Waals surface area contributed by atoms with Crippen molar-refractivity contribution in [2.75, 3.05) is 39.6 Å². The van der Waals surface area contributed by atoms with E-state index in [1.165, 1.54) is 180 Å². The van der Waals surface area contributed by atoms with Crippen LogP contribution in [0.3, 0.4) is 0 Å². The predicted molar refractivity (Wildman–Crippen MR) is 377 cm³/mol. The van der Waals surface area contributed by atoms with E-state index in [0.29, 0.717) is 25.7 Å². The van der Waals surface area contributed by atoms with Crippen LogP contribution in [0.2, 0.25) is 0 Å². The predicted octanol–water partition coefficient (Wildman–Crippen LogP) is 21.4. The Balaban J connectivity index is 5.27. The number of ether oxygens (including phenoxy) is 4. The fraction of sp³-hybridized carbons (Fsp3) is 0.946. The van der Waals surface area contributed by atoms with E-state index < -0.39 is 97.5 Å². The summed E-state index contributed by atoms with van der Waals surface area (Å²) in [6.45, 7) is 11.9. The molecule has 0 bridgehead atoms. The van der Waals surface area contributed by atoms with Crippen LogP contribution in [-0.2, 0) is 65.4 Å². The molecule has 0 aliphatic rings. The zero-order valence-corrected chi connectivity index (χ0v) is 62.5. The van der Waals surface area contributed by atoms with Gasteiger partial charge in [-0.2, -0.15) is 0 Å². The Morgan fingerprint density at radius 3 is 0.817 bits per heavy atom. The molecule has 0 spiro atoms. The topological polar surface area (TPSA) is 237 Å². The molecular formula is C74H144O17P2. The van der Waals surface area contributed by atoms with Crippen LogP contribution in [0.1, 0.15) is 376 Å². The third kappa shape index (κ3) is 65.8. The van der Waals surface area contributed by atoms with E-state index in [0.717, 1.165) is 114 Å². The van der Waals surface area contributed by atoms with E-state index in [4.69, 9.17) is 37.0 Å². The zero-order valence-electron chi connectivity index (χ0n) is 60.7. The average molecular weight is 1370 g/mol. The SMILES string of the molecule is CCCCCCCCCCCCCCCC(=O)O[C@H](COC(=O)CCCCCCCCC(C)CC)COP(=O)(O)OC[C@H](O)COP(=O)(O)OC[C@@H](COC(=O)CCCCCCCCCCCCC(C)CC)OC(=O)CCCCCCCCCCCCCCCC(C)C. The summed E-state index contributed by atoms with van der Waals surface area (Å²) in [4.78, 5) is 72.7. The van der Waals surface area contributed by atoms with Crippen LogP contribution in [0.15, 0.2) is 0 Å². The van der Waals surface area contributed by atoms with E-state index in [1.54, 1.807) is 0 Å². The van der Waals surface area contributed by atoms with Crippen LogP contribution in [-0.4, -0.2) is 96.7 Å². The van der Waals surface area contributed by atoms with Crippen molar-refractivity contribution >= 4 is 39.5 Å². The van der Waals surface area contributed by atoms with Gasteiger partial charge in [0.1, 0.15) is 19.3 Å². The minimum Gasteiger partial charge on any atom is -0.462 e. The van der Waals surface area contributed by atoms with Crippen molar-refractivity contribution in [2.24, 2.45) is 17.8 Å². The Morgan fingerprint density at radius 1 is 0.312 bits per heavy atom. The number of phosphoric ester groups is 2. The molecule has 17 nitrogen and oxygen atoms in total. The lowest BCUT2D eigenvalue weighted by Crippen LogP contribution is -2.30. The van der Waals surface area contributed by atoms with E-state index >= 15 is 0 Å². The molecule has 0 aromatic heterocycles. The second kappa shape index (κ2) is 64.7. The molecule has 0 radical (unpaired) electrons. The first-order valence-electron chi connectivity index (χ1n) is 38.4. The molecule has 7 atom stereocenters. The fourth-order valence-electron chi connectivity index (χ4n) is 11.2. The molecule has 0 rings (SSSR count). The highest BCUT2D eigenvalue weighted by atomic mass is 31.2. The molecule has 0 aromatic carbocycles. The van der Waals surface area contributed by atoms with Gasteiger partial charge >= 0.3 is 39.5 Å². The molecule has 552 valence electrons. The maximum atomic E-state index is 13.1. The third-order valence-corrected chi connectivity index (χ3v) is 19.8. The summed E-state index contributed by atoms with van der Waals surface area (Å²) >= 11 is 0. The number of esters is 4. The fourth-order valence-corrected chi connectivity index (χ4v) is 12.8. The van der Waals surface area contributed by atoms with E-state index in [-0.39, 0.29) is 25.7 Å². The lowest BCUT2D eigenvalue weighted by atomic mass is 9.99. The Labute approximate surface area is 568 Å². The summed E-state index contributed by atoms with van der Waals surface area (Å²) in [6, 6.07) is 0. The van der Waals surface area contributed by atoms with Gasteiger partial charge in [-0.05, 0) is 43.4 Å². The summed E-state index contributed by atoms with van der Waals surface area (Å²) in [5.41, 5.74) is 0. The van der Waals surface area contributed by atoms with Crippen LogP contribution in [0, 0.1) is 17.8 Å². The Kier molecular flexibility index (Phi) is 63.4. The third-order valence-electron chi connectivity index (χ3n) is 17.9. The summed E-state index contributed by atoms with van der Waals surface area (Å²) in [5, 5.41) is 10.6. The first kappa shape index (κ1) is 91.1. The molecule has 0 aromatic rings. The number of hydrogen-bond donors (Lipinski definition) is 3. The first-order chi connectivity index (χ1) is 44.8. The molecule has 93 heavy (non-hydrogen) atoms. The minimum absolute atomic E-state index is 0.106. The molecule has 0 saturated carbocycles. The van der Waals surface area contributed by atoms with Crippen molar-refractivity contribution in [3.63, 3.8) is 0 Å². The number of phosphoric acid groups is 2. The summed E-state index contributed by atoms with van der Waals surface area (Å²) in [5.74, 6) is 0.207. The van der Waals surface area contributed by atoms with Crippen molar-refractivity contribution in [3.8, 4) is 0 Å². The lowest BCUT2D eigenvalue weighted by molar-refractivity contribution is -0.161. The average Bonchev–Trinajstić information content (AvgIpc) is 2.57. The van der Waals surface area contributed by atoms with Crippen LogP contribution in [0.4, 0.5) is 0 Å². The van der Waals surface area contributed by atoms with Crippen molar-refractivity contribution in [1.82, 2.24) is 0 Å². The van der Waals surface area contributed by atoms with E-state index in [2.05, 4.69) is 48.5 Å². The number of aliphatic hydroxyl groups is 1. The van der Waals surface area contributed by atoms with Gasteiger partial charge in [-0.1, -0.05) is 325 Å². The molecular weight excluding hydrogens is 1220 g/mol. The molecule has 0 amide bonds. The number of aliphatic hydroxyl groups excluding tert-OH is 1. The van der Waals surface area contributed by atoms with Gasteiger partial charge in [0.2, 0.25) is 0 Å². The van der Waals surface area contributed by atoms with Crippen LogP contribution >= 0.6 is 15.6 Å². The molecule has 3 N–H and O–H groups in total. The quantitative estimate of drug-likeness (QED) is 0.0222. The molecule has 0 aliphatic carbocycles. The number of carbonyl (C=O) groups is 4. The maximum Gasteiger partial charge on any atom is 0.472 e. The minimum atomic E-state index is -4.96. The number of rotatable bonds is 72. The van der Waals surface area contributed by atoms with Gasteiger partial charge in [0.05, 0.1) is 26.4 Å². The second-order valence-electron chi connectivity index (χ2n) is 27.6. The Morgan fingerprint density at radius 2 is 0.548 bits per heavy atom. The molecule has 0 fully saturated rings. The highest BCUT2D eigenvalue weighted by Crippen LogP contribution is 2.45. The standard InChI is InChI=1S/C74H144O17P2/c1-8-11-12-13-14-15-16-18-22-29-34-43-50-57-74(79)91-70(62-85-72(77)56-49-42-37-36-40-47-54-67(7)10-3)64-89-93(82,83)87-60-68(75)59-86-92(80,81)88-63-69(61-84-71(76)55-48-41-33-28-25-24-27-32-39-46-53-66(6)9-2)90-73(78)58-51-44-35-30-23-20-17-19-21-26-31-38-45-52-65(4)5/h65-70,75H,8-64H2,1-7H3,(H,80,81)(H,82,83)/t66?,67?,68-,69-,70-/m1/s1. The van der Waals surface area contributed by atoms with Gasteiger partial charge in [0.25, 0.3) is 0 Å². The summed E-state index contributed by atoms with van der Waals surface area (Å²) < 4.78 is 68.5. The molecule has 0 heterocycles. The van der Waals surface area contributed by atoms with Crippen LogP contribution < -0.4 is 0 Å². The normalized spacial score (nSPS) is 14.7. The van der Waals surface area contributed by atoms with E-state index in [9.17, 15) is 43.2 Å². The smallest absolute Gasteiger partial charge is 0.462 e. The van der Waals surface area contributed by atoms with Crippen molar-refractivity contribution in [2.45, 2.75) is 394 Å². The van der Waals surface area contributed by atoms with Crippen LogP contribution in [0.25, 0.3) is 0 Å². The van der Waals surface area contributed by atoms with Crippen molar-refractivity contribution in [1.29, 1.82) is 0 Å². The van der Waals surface area contributed by atoms with Gasteiger partial charge in [-0.3, -0.25) is 37.3 Å². The van der Waals surface area contributed by atoms with Gasteiger partial charge in [0, 0.05) is 25.7 Å².